The van der Waals surface area contributed by atoms with Gasteiger partial charge >= 0.3 is 5.97 Å². The lowest BCUT2D eigenvalue weighted by Crippen LogP contribution is -2.04. The van der Waals surface area contributed by atoms with Crippen LogP contribution in [0.5, 0.6) is 11.5 Å². The van der Waals surface area contributed by atoms with Crippen molar-refractivity contribution in [3.8, 4) is 11.5 Å². The summed E-state index contributed by atoms with van der Waals surface area (Å²) < 4.78 is 10.9. The van der Waals surface area contributed by atoms with E-state index in [1.165, 1.54) is 26.0 Å². The Morgan fingerprint density at radius 2 is 2.00 bits per heavy atom. The van der Waals surface area contributed by atoms with Crippen molar-refractivity contribution in [3.63, 3.8) is 0 Å². The lowest BCUT2D eigenvalue weighted by Gasteiger charge is -2.14. The number of aryl methyl sites for hydroxylation is 1. The van der Waals surface area contributed by atoms with Gasteiger partial charge in [0.2, 0.25) is 0 Å². The van der Waals surface area contributed by atoms with Gasteiger partial charge in [-0.2, -0.15) is 0 Å². The molecule has 0 bridgehead atoms. The third kappa shape index (κ3) is 4.47. The Balaban J connectivity index is 2.74. The van der Waals surface area contributed by atoms with Gasteiger partial charge in [-0.15, -0.1) is 0 Å². The fraction of sp³-hybridized carbons (Fsp3) is 0.533. The van der Waals surface area contributed by atoms with Crippen LogP contribution in [0.15, 0.2) is 12.1 Å². The van der Waals surface area contributed by atoms with Crippen molar-refractivity contribution < 1.29 is 19.4 Å². The van der Waals surface area contributed by atoms with Crippen LogP contribution in [-0.4, -0.2) is 24.8 Å². The maximum Gasteiger partial charge on any atom is 0.335 e. The van der Waals surface area contributed by atoms with E-state index in [0.717, 1.165) is 18.4 Å². The Kier molecular flexibility index (Phi) is 6.19. The van der Waals surface area contributed by atoms with E-state index in [0.29, 0.717) is 18.1 Å². The number of hydrogen-bond acceptors (Lipinski definition) is 3. The molecule has 0 aliphatic carbocycles. The number of carboxylic acids is 1. The highest BCUT2D eigenvalue weighted by atomic mass is 16.5. The third-order valence-electron chi connectivity index (χ3n) is 2.95. The molecule has 1 N–H and O–H groups in total. The topological polar surface area (TPSA) is 55.8 Å². The molecule has 0 atom stereocenters. The van der Waals surface area contributed by atoms with E-state index < -0.39 is 5.97 Å². The highest BCUT2D eigenvalue weighted by Crippen LogP contribution is 2.32. The number of aromatic carboxylic acids is 1. The molecule has 0 saturated heterocycles. The first-order valence-corrected chi connectivity index (χ1v) is 6.64. The van der Waals surface area contributed by atoms with E-state index in [4.69, 9.17) is 14.6 Å². The molecule has 1 aromatic carbocycles. The monoisotopic (exact) mass is 266 g/mol. The zero-order valence-electron chi connectivity index (χ0n) is 11.9. The van der Waals surface area contributed by atoms with E-state index in [2.05, 4.69) is 6.92 Å². The van der Waals surface area contributed by atoms with Crippen molar-refractivity contribution >= 4 is 5.97 Å². The highest BCUT2D eigenvalue weighted by Gasteiger charge is 2.13. The van der Waals surface area contributed by atoms with Gasteiger partial charge in [-0.05, 0) is 31.0 Å². The van der Waals surface area contributed by atoms with Gasteiger partial charge in [0.25, 0.3) is 0 Å². The number of unbranched alkanes of at least 4 members (excludes halogenated alkanes) is 3. The molecule has 1 rings (SSSR count). The molecule has 0 aliphatic heterocycles. The summed E-state index contributed by atoms with van der Waals surface area (Å²) in [5, 5.41) is 9.00. The summed E-state index contributed by atoms with van der Waals surface area (Å²) in [6, 6.07) is 3.10. The first-order valence-electron chi connectivity index (χ1n) is 6.64. The summed E-state index contributed by atoms with van der Waals surface area (Å²) in [6.45, 7) is 4.62. The lowest BCUT2D eigenvalue weighted by atomic mass is 10.1. The molecule has 4 nitrogen and oxygen atoms in total. The van der Waals surface area contributed by atoms with Crippen molar-refractivity contribution in [3.05, 3.63) is 23.3 Å². The Morgan fingerprint density at radius 3 is 2.58 bits per heavy atom. The summed E-state index contributed by atoms with van der Waals surface area (Å²) in [4.78, 5) is 11.0. The number of benzene rings is 1. The van der Waals surface area contributed by atoms with Crippen LogP contribution in [0.3, 0.4) is 0 Å². The number of carbonyl (C=O) groups is 1. The van der Waals surface area contributed by atoms with Crippen LogP contribution in [0.4, 0.5) is 0 Å². The van der Waals surface area contributed by atoms with Crippen LogP contribution in [0.25, 0.3) is 0 Å². The van der Waals surface area contributed by atoms with E-state index in [9.17, 15) is 4.79 Å². The van der Waals surface area contributed by atoms with Gasteiger partial charge in [0.05, 0.1) is 19.3 Å². The predicted octanol–water partition coefficient (Wildman–Crippen LogP) is 3.66. The van der Waals surface area contributed by atoms with Crippen LogP contribution in [0.2, 0.25) is 0 Å². The molecule has 0 radical (unpaired) electrons. The molecular formula is C15H22O4. The smallest absolute Gasteiger partial charge is 0.335 e. The van der Waals surface area contributed by atoms with E-state index in [-0.39, 0.29) is 5.56 Å². The van der Waals surface area contributed by atoms with Gasteiger partial charge in [-0.3, -0.25) is 0 Å². The first kappa shape index (κ1) is 15.3. The fourth-order valence-corrected chi connectivity index (χ4v) is 1.90. The van der Waals surface area contributed by atoms with Crippen LogP contribution >= 0.6 is 0 Å². The van der Waals surface area contributed by atoms with Gasteiger partial charge in [0.15, 0.2) is 11.5 Å². The minimum Gasteiger partial charge on any atom is -0.493 e. The fourth-order valence-electron chi connectivity index (χ4n) is 1.90. The molecule has 4 heteroatoms. The summed E-state index contributed by atoms with van der Waals surface area (Å²) in [5.41, 5.74) is 1.000. The molecule has 0 aliphatic rings. The Morgan fingerprint density at radius 1 is 1.26 bits per heavy atom. The van der Waals surface area contributed by atoms with Gasteiger partial charge in [0, 0.05) is 0 Å². The molecule has 0 spiro atoms. The lowest BCUT2D eigenvalue weighted by molar-refractivity contribution is 0.0696. The van der Waals surface area contributed by atoms with Gasteiger partial charge < -0.3 is 14.6 Å². The summed E-state index contributed by atoms with van der Waals surface area (Å²) in [7, 11) is 1.52. The molecule has 19 heavy (non-hydrogen) atoms. The number of rotatable bonds is 8. The Labute approximate surface area is 114 Å². The van der Waals surface area contributed by atoms with E-state index in [1.807, 2.05) is 6.92 Å². The summed E-state index contributed by atoms with van der Waals surface area (Å²) in [6.07, 6.45) is 4.54. The molecule has 0 heterocycles. The minimum absolute atomic E-state index is 0.215. The zero-order chi connectivity index (χ0) is 14.3. The molecule has 0 unspecified atom stereocenters. The second-order valence-corrected chi connectivity index (χ2v) is 4.54. The number of carboxylic acid groups (broad SMARTS) is 1. The minimum atomic E-state index is -0.962. The van der Waals surface area contributed by atoms with Crippen LogP contribution < -0.4 is 9.47 Å². The zero-order valence-corrected chi connectivity index (χ0v) is 11.9. The number of ether oxygens (including phenoxy) is 2. The molecule has 0 fully saturated rings. The second kappa shape index (κ2) is 7.67. The molecule has 0 aromatic heterocycles. The average Bonchev–Trinajstić information content (AvgIpc) is 2.39. The van der Waals surface area contributed by atoms with Crippen LogP contribution in [-0.2, 0) is 0 Å². The largest absolute Gasteiger partial charge is 0.493 e. The van der Waals surface area contributed by atoms with Crippen molar-refractivity contribution in [1.29, 1.82) is 0 Å². The number of hydrogen-bond donors (Lipinski definition) is 1. The Bertz CT molecular complexity index is 426. The van der Waals surface area contributed by atoms with Crippen molar-refractivity contribution in [2.24, 2.45) is 0 Å². The van der Waals surface area contributed by atoms with Gasteiger partial charge in [0.1, 0.15) is 0 Å². The normalized spacial score (nSPS) is 10.3. The van der Waals surface area contributed by atoms with Crippen molar-refractivity contribution in [1.82, 2.24) is 0 Å². The molecule has 106 valence electrons. The van der Waals surface area contributed by atoms with Gasteiger partial charge in [-0.1, -0.05) is 26.2 Å². The van der Waals surface area contributed by atoms with E-state index in [1.54, 1.807) is 6.07 Å². The highest BCUT2D eigenvalue weighted by molar-refractivity contribution is 5.89. The van der Waals surface area contributed by atoms with Crippen LogP contribution in [0, 0.1) is 6.92 Å². The Hall–Kier alpha value is -1.71. The molecule has 0 amide bonds. The maximum atomic E-state index is 11.0. The van der Waals surface area contributed by atoms with Crippen LogP contribution in [0.1, 0.15) is 48.5 Å². The average molecular weight is 266 g/mol. The number of methoxy groups -OCH3 is 1. The summed E-state index contributed by atoms with van der Waals surface area (Å²) in [5.74, 6) is 0.160. The van der Waals surface area contributed by atoms with Crippen molar-refractivity contribution in [2.75, 3.05) is 13.7 Å². The molecular weight excluding hydrogens is 244 g/mol. The summed E-state index contributed by atoms with van der Waals surface area (Å²) >= 11 is 0. The first-order chi connectivity index (χ1) is 9.10. The molecule has 0 saturated carbocycles. The molecule has 1 aromatic rings. The second-order valence-electron chi connectivity index (χ2n) is 4.54. The van der Waals surface area contributed by atoms with E-state index >= 15 is 0 Å². The van der Waals surface area contributed by atoms with Crippen molar-refractivity contribution in [2.45, 2.75) is 39.5 Å². The standard InChI is InChI=1S/C15H22O4/c1-4-5-6-7-8-19-14-11(2)9-12(15(16)17)10-13(14)18-3/h9-10H,4-8H2,1-3H3,(H,16,17). The predicted molar refractivity (Wildman–Crippen MR) is 74.3 cm³/mol. The third-order valence-corrected chi connectivity index (χ3v) is 2.95. The SMILES string of the molecule is CCCCCCOc1c(C)cc(C(=O)O)cc1OC. The van der Waals surface area contributed by atoms with Gasteiger partial charge in [-0.25, -0.2) is 4.79 Å². The quantitative estimate of drug-likeness (QED) is 0.729. The maximum absolute atomic E-state index is 11.0.